The molecule has 0 amide bonds. The van der Waals surface area contributed by atoms with Gasteiger partial charge in [0.25, 0.3) is 0 Å². The summed E-state index contributed by atoms with van der Waals surface area (Å²) < 4.78 is 55.5. The Morgan fingerprint density at radius 3 is 2.04 bits per heavy atom. The predicted octanol–water partition coefficient (Wildman–Crippen LogP) is 5.81. The van der Waals surface area contributed by atoms with Crippen LogP contribution in [0.2, 0.25) is 0 Å². The monoisotopic (exact) mass is 387 g/mol. The molecule has 0 bridgehead atoms. The first kappa shape index (κ1) is 19.3. The molecule has 3 nitrogen and oxygen atoms in total. The zero-order valence-corrected chi connectivity index (χ0v) is 14.3. The van der Waals surface area contributed by atoms with Crippen LogP contribution in [0.1, 0.15) is 21.5 Å². The fourth-order valence-electron chi connectivity index (χ4n) is 2.26. The molecule has 142 valence electrons. The molecule has 0 heterocycles. The van der Waals surface area contributed by atoms with Gasteiger partial charge in [0, 0.05) is 6.21 Å². The SMILES string of the molecule is O=C(Oc1ccc(C(F)(F)F)cc1)c1ccc(N=Cc2ccc(F)cc2)cc1. The maximum atomic E-state index is 12.9. The van der Waals surface area contributed by atoms with Crippen LogP contribution in [0.5, 0.6) is 5.75 Å². The first-order valence-electron chi connectivity index (χ1n) is 8.10. The molecule has 3 aromatic rings. The quantitative estimate of drug-likeness (QED) is 0.245. The van der Waals surface area contributed by atoms with E-state index in [9.17, 15) is 22.4 Å². The molecule has 0 atom stereocenters. The largest absolute Gasteiger partial charge is 0.423 e. The van der Waals surface area contributed by atoms with Gasteiger partial charge in [-0.05, 0) is 66.2 Å². The molecule has 0 N–H and O–H groups in total. The highest BCUT2D eigenvalue weighted by molar-refractivity contribution is 5.91. The molecule has 0 fully saturated rings. The molecule has 0 aromatic heterocycles. The van der Waals surface area contributed by atoms with Crippen molar-refractivity contribution in [2.45, 2.75) is 6.18 Å². The summed E-state index contributed by atoms with van der Waals surface area (Å²) in [4.78, 5) is 16.3. The predicted molar refractivity (Wildman–Crippen MR) is 96.5 cm³/mol. The third-order valence-electron chi connectivity index (χ3n) is 3.73. The molecule has 0 saturated carbocycles. The lowest BCUT2D eigenvalue weighted by Crippen LogP contribution is -2.09. The van der Waals surface area contributed by atoms with Gasteiger partial charge in [0.05, 0.1) is 16.8 Å². The van der Waals surface area contributed by atoms with Crippen LogP contribution in [0, 0.1) is 5.82 Å². The van der Waals surface area contributed by atoms with E-state index in [1.807, 2.05) is 0 Å². The number of hydrogen-bond donors (Lipinski definition) is 0. The van der Waals surface area contributed by atoms with Crippen molar-refractivity contribution in [3.8, 4) is 5.75 Å². The Kier molecular flexibility index (Phi) is 5.54. The summed E-state index contributed by atoms with van der Waals surface area (Å²) in [6.45, 7) is 0. The van der Waals surface area contributed by atoms with Crippen LogP contribution in [0.15, 0.2) is 77.8 Å². The van der Waals surface area contributed by atoms with Gasteiger partial charge in [-0.15, -0.1) is 0 Å². The Bertz CT molecular complexity index is 977. The van der Waals surface area contributed by atoms with Crippen molar-refractivity contribution in [2.24, 2.45) is 4.99 Å². The van der Waals surface area contributed by atoms with Crippen LogP contribution >= 0.6 is 0 Å². The van der Waals surface area contributed by atoms with E-state index < -0.39 is 17.7 Å². The lowest BCUT2D eigenvalue weighted by molar-refractivity contribution is -0.137. The molecule has 28 heavy (non-hydrogen) atoms. The Morgan fingerprint density at radius 2 is 1.46 bits per heavy atom. The summed E-state index contributed by atoms with van der Waals surface area (Å²) in [5, 5.41) is 0. The van der Waals surface area contributed by atoms with Gasteiger partial charge in [0.15, 0.2) is 0 Å². The van der Waals surface area contributed by atoms with E-state index in [-0.39, 0.29) is 17.1 Å². The summed E-state index contributed by atoms with van der Waals surface area (Å²) in [7, 11) is 0. The highest BCUT2D eigenvalue weighted by atomic mass is 19.4. The summed E-state index contributed by atoms with van der Waals surface area (Å²) >= 11 is 0. The van der Waals surface area contributed by atoms with Crippen LogP contribution in [-0.2, 0) is 6.18 Å². The zero-order chi connectivity index (χ0) is 20.1. The number of nitrogens with zero attached hydrogens (tertiary/aromatic N) is 1. The summed E-state index contributed by atoms with van der Waals surface area (Å²) in [6.07, 6.45) is -2.90. The molecule has 0 aliphatic rings. The number of rotatable bonds is 4. The van der Waals surface area contributed by atoms with Gasteiger partial charge in [-0.1, -0.05) is 12.1 Å². The first-order chi connectivity index (χ1) is 13.3. The van der Waals surface area contributed by atoms with Crippen LogP contribution in [0.4, 0.5) is 23.2 Å². The van der Waals surface area contributed by atoms with Crippen molar-refractivity contribution in [1.82, 2.24) is 0 Å². The number of aliphatic imine (C=N–C) groups is 1. The Hall–Kier alpha value is -3.48. The van der Waals surface area contributed by atoms with Crippen molar-refractivity contribution in [1.29, 1.82) is 0 Å². The van der Waals surface area contributed by atoms with Crippen molar-refractivity contribution in [3.05, 3.63) is 95.3 Å². The van der Waals surface area contributed by atoms with Crippen LogP contribution in [0.25, 0.3) is 0 Å². The number of benzene rings is 3. The minimum Gasteiger partial charge on any atom is -0.423 e. The standard InChI is InChI=1S/C21H13F4NO2/c22-17-7-1-14(2-8-17)13-26-18-9-3-15(4-10-18)20(27)28-19-11-5-16(6-12-19)21(23,24)25/h1-13H. The third kappa shape index (κ3) is 5.03. The fraction of sp³-hybridized carbons (Fsp3) is 0.0476. The Labute approximate surface area is 157 Å². The maximum Gasteiger partial charge on any atom is 0.416 e. The smallest absolute Gasteiger partial charge is 0.416 e. The molecule has 0 aliphatic heterocycles. The van der Waals surface area contributed by atoms with E-state index in [2.05, 4.69) is 4.99 Å². The number of halogens is 4. The normalized spacial score (nSPS) is 11.6. The van der Waals surface area contributed by atoms with E-state index >= 15 is 0 Å². The second kappa shape index (κ2) is 8.04. The summed E-state index contributed by atoms with van der Waals surface area (Å²) in [6, 6.07) is 15.8. The lowest BCUT2D eigenvalue weighted by atomic mass is 10.2. The van der Waals surface area contributed by atoms with Gasteiger partial charge >= 0.3 is 12.1 Å². The number of alkyl halides is 3. The minimum atomic E-state index is -4.45. The number of hydrogen-bond acceptors (Lipinski definition) is 3. The molecular weight excluding hydrogens is 374 g/mol. The van der Waals surface area contributed by atoms with Crippen molar-refractivity contribution in [2.75, 3.05) is 0 Å². The van der Waals surface area contributed by atoms with Gasteiger partial charge in [-0.2, -0.15) is 13.2 Å². The van der Waals surface area contributed by atoms with Gasteiger partial charge in [0.1, 0.15) is 11.6 Å². The highest BCUT2D eigenvalue weighted by Gasteiger charge is 2.30. The summed E-state index contributed by atoms with van der Waals surface area (Å²) in [5.41, 5.74) is 0.680. The lowest BCUT2D eigenvalue weighted by Gasteiger charge is -2.08. The molecule has 0 saturated heterocycles. The third-order valence-corrected chi connectivity index (χ3v) is 3.73. The molecule has 7 heteroatoms. The van der Waals surface area contributed by atoms with Crippen molar-refractivity contribution >= 4 is 17.9 Å². The van der Waals surface area contributed by atoms with Gasteiger partial charge in [-0.3, -0.25) is 4.99 Å². The van der Waals surface area contributed by atoms with E-state index in [0.717, 1.165) is 24.3 Å². The number of esters is 1. The number of ether oxygens (including phenoxy) is 1. The van der Waals surface area contributed by atoms with Crippen molar-refractivity contribution in [3.63, 3.8) is 0 Å². The van der Waals surface area contributed by atoms with E-state index in [1.54, 1.807) is 30.5 Å². The second-order valence-electron chi connectivity index (χ2n) is 5.77. The van der Waals surface area contributed by atoms with E-state index in [4.69, 9.17) is 4.74 Å². The molecule has 0 aliphatic carbocycles. The average molecular weight is 387 g/mol. The molecule has 3 aromatic carbocycles. The molecule has 3 rings (SSSR count). The Morgan fingerprint density at radius 1 is 0.857 bits per heavy atom. The zero-order valence-electron chi connectivity index (χ0n) is 14.3. The van der Waals surface area contributed by atoms with Gasteiger partial charge in [0.2, 0.25) is 0 Å². The van der Waals surface area contributed by atoms with E-state index in [1.165, 1.54) is 24.3 Å². The van der Waals surface area contributed by atoms with Gasteiger partial charge < -0.3 is 4.74 Å². The highest BCUT2D eigenvalue weighted by Crippen LogP contribution is 2.30. The van der Waals surface area contributed by atoms with Crippen molar-refractivity contribution < 1.29 is 27.1 Å². The van der Waals surface area contributed by atoms with Crippen LogP contribution in [-0.4, -0.2) is 12.2 Å². The van der Waals surface area contributed by atoms with Crippen LogP contribution < -0.4 is 4.74 Å². The molecule has 0 spiro atoms. The fourth-order valence-corrected chi connectivity index (χ4v) is 2.26. The second-order valence-corrected chi connectivity index (χ2v) is 5.77. The van der Waals surface area contributed by atoms with Crippen LogP contribution in [0.3, 0.4) is 0 Å². The molecule has 0 unspecified atom stereocenters. The molecular formula is C21H13F4NO2. The minimum absolute atomic E-state index is 0.0106. The first-order valence-corrected chi connectivity index (χ1v) is 8.10. The summed E-state index contributed by atoms with van der Waals surface area (Å²) in [5.74, 6) is -1.03. The van der Waals surface area contributed by atoms with Gasteiger partial charge in [-0.25, -0.2) is 9.18 Å². The molecule has 0 radical (unpaired) electrons. The topological polar surface area (TPSA) is 38.7 Å². The number of carbonyl (C=O) groups is 1. The number of carbonyl (C=O) groups excluding carboxylic acids is 1. The van der Waals surface area contributed by atoms with E-state index in [0.29, 0.717) is 11.3 Å². The Balaban J connectivity index is 1.64. The average Bonchev–Trinajstić information content (AvgIpc) is 2.67. The maximum absolute atomic E-state index is 12.9.